The van der Waals surface area contributed by atoms with Crippen LogP contribution in [0.4, 0.5) is 13.2 Å². The normalized spacial score (nSPS) is 15.7. The molecular formula is C35H37F3N2O2. The van der Waals surface area contributed by atoms with Crippen LogP contribution in [0.5, 0.6) is 0 Å². The van der Waals surface area contributed by atoms with Crippen molar-refractivity contribution >= 4 is 5.91 Å². The Balaban J connectivity index is 1.41. The number of aromatic nitrogens is 1. The Hall–Kier alpha value is -3.87. The minimum absolute atomic E-state index is 0.0114. The van der Waals surface area contributed by atoms with Crippen molar-refractivity contribution in [1.82, 2.24) is 9.88 Å². The number of furan rings is 1. The van der Waals surface area contributed by atoms with E-state index in [2.05, 4.69) is 51.7 Å². The molecule has 1 amide bonds. The highest BCUT2D eigenvalue weighted by Gasteiger charge is 2.37. The number of rotatable bonds is 7. The van der Waals surface area contributed by atoms with Crippen molar-refractivity contribution < 1.29 is 22.4 Å². The minimum Gasteiger partial charge on any atom is -0.456 e. The molecule has 0 radical (unpaired) electrons. The molecule has 7 heteroatoms. The Morgan fingerprint density at radius 2 is 1.57 bits per heavy atom. The van der Waals surface area contributed by atoms with E-state index in [-0.39, 0.29) is 29.7 Å². The zero-order chi connectivity index (χ0) is 30.3. The standard InChI is InChI=1S/C35H37F3N2O2/c1-23-16-29-30(34(4,5)14-13-33(29,2)3)19-26(23)18-28-11-12-31(42-28)32(41)40(22-25-9-7-15-39-20-25)21-24-8-6-10-27(17-24)35(36,37)38/h6-12,15-17,19-20H,13-14,18,21-22H2,1-5H3. The van der Waals surface area contributed by atoms with E-state index in [1.807, 2.05) is 12.1 Å². The number of benzene rings is 2. The van der Waals surface area contributed by atoms with Crippen molar-refractivity contribution in [2.45, 2.75) is 84.0 Å². The Labute approximate surface area is 245 Å². The lowest BCUT2D eigenvalue weighted by Crippen LogP contribution is -2.34. The molecule has 2 heterocycles. The molecular weight excluding hydrogens is 537 g/mol. The second-order valence-electron chi connectivity index (χ2n) is 12.8. The van der Waals surface area contributed by atoms with Gasteiger partial charge in [-0.1, -0.05) is 58.0 Å². The van der Waals surface area contributed by atoms with Crippen LogP contribution in [0.3, 0.4) is 0 Å². The number of fused-ring (bicyclic) bond motifs is 1. The number of carbonyl (C=O) groups excluding carboxylic acids is 1. The quantitative estimate of drug-likeness (QED) is 0.222. The maximum atomic E-state index is 13.7. The fourth-order valence-electron chi connectivity index (χ4n) is 5.87. The molecule has 0 fully saturated rings. The van der Waals surface area contributed by atoms with Crippen LogP contribution in [0.25, 0.3) is 0 Å². The summed E-state index contributed by atoms with van der Waals surface area (Å²) in [5, 5.41) is 0. The van der Waals surface area contributed by atoms with Crippen LogP contribution in [-0.2, 0) is 36.5 Å². The Bertz CT molecular complexity index is 1590. The number of pyridine rings is 1. The number of halogens is 3. The first kappa shape index (κ1) is 29.6. The first-order chi connectivity index (χ1) is 19.7. The molecule has 0 aliphatic heterocycles. The summed E-state index contributed by atoms with van der Waals surface area (Å²) in [7, 11) is 0. The highest BCUT2D eigenvalue weighted by molar-refractivity contribution is 5.91. The number of carbonyl (C=O) groups is 1. The summed E-state index contributed by atoms with van der Waals surface area (Å²) in [5.74, 6) is 0.417. The monoisotopic (exact) mass is 574 g/mol. The van der Waals surface area contributed by atoms with Gasteiger partial charge in [-0.2, -0.15) is 13.2 Å². The SMILES string of the molecule is Cc1cc2c(cc1Cc1ccc(C(=O)N(Cc3cccnc3)Cc3cccc(C(F)(F)F)c3)o1)C(C)(C)CCC2(C)C. The zero-order valence-corrected chi connectivity index (χ0v) is 24.8. The van der Waals surface area contributed by atoms with Crippen LogP contribution >= 0.6 is 0 Å². The van der Waals surface area contributed by atoms with Crippen molar-refractivity contribution in [3.05, 3.63) is 124 Å². The van der Waals surface area contributed by atoms with Gasteiger partial charge in [0.25, 0.3) is 5.91 Å². The predicted octanol–water partition coefficient (Wildman–Crippen LogP) is 8.78. The van der Waals surface area contributed by atoms with Gasteiger partial charge in [0.2, 0.25) is 0 Å². The summed E-state index contributed by atoms with van der Waals surface area (Å²) in [6.07, 6.45) is 1.61. The third-order valence-corrected chi connectivity index (χ3v) is 8.56. The van der Waals surface area contributed by atoms with Crippen LogP contribution in [0.1, 0.15) is 95.8 Å². The smallest absolute Gasteiger partial charge is 0.416 e. The van der Waals surface area contributed by atoms with Gasteiger partial charge in [-0.25, -0.2) is 0 Å². The minimum atomic E-state index is -4.47. The number of aryl methyl sites for hydroxylation is 1. The molecule has 0 spiro atoms. The molecule has 0 bridgehead atoms. The molecule has 0 saturated heterocycles. The number of alkyl halides is 3. The van der Waals surface area contributed by atoms with Gasteiger partial charge in [-0.15, -0.1) is 0 Å². The van der Waals surface area contributed by atoms with Crippen molar-refractivity contribution in [2.24, 2.45) is 0 Å². The second-order valence-corrected chi connectivity index (χ2v) is 12.8. The van der Waals surface area contributed by atoms with E-state index in [0.717, 1.165) is 36.1 Å². The summed E-state index contributed by atoms with van der Waals surface area (Å²) in [6.45, 7) is 11.5. The van der Waals surface area contributed by atoms with Crippen molar-refractivity contribution in [3.63, 3.8) is 0 Å². The largest absolute Gasteiger partial charge is 0.456 e. The fourth-order valence-corrected chi connectivity index (χ4v) is 5.87. The molecule has 0 N–H and O–H groups in total. The van der Waals surface area contributed by atoms with Gasteiger partial charge in [0.05, 0.1) is 5.56 Å². The fraction of sp³-hybridized carbons (Fsp3) is 0.371. The second kappa shape index (κ2) is 11.1. The molecule has 2 aromatic heterocycles. The van der Waals surface area contributed by atoms with Gasteiger partial charge in [-0.05, 0) is 94.3 Å². The summed E-state index contributed by atoms with van der Waals surface area (Å²) in [6, 6.07) is 16.7. The topological polar surface area (TPSA) is 46.3 Å². The number of amides is 1. The Morgan fingerprint density at radius 1 is 0.905 bits per heavy atom. The summed E-state index contributed by atoms with van der Waals surface area (Å²) >= 11 is 0. The average Bonchev–Trinajstić information content (AvgIpc) is 3.40. The van der Waals surface area contributed by atoms with Crippen LogP contribution < -0.4 is 0 Å². The van der Waals surface area contributed by atoms with Crippen LogP contribution in [0.2, 0.25) is 0 Å². The maximum Gasteiger partial charge on any atom is 0.416 e. The van der Waals surface area contributed by atoms with Gasteiger partial charge in [-0.3, -0.25) is 9.78 Å². The lowest BCUT2D eigenvalue weighted by atomic mass is 9.62. The van der Waals surface area contributed by atoms with Gasteiger partial charge >= 0.3 is 6.18 Å². The van der Waals surface area contributed by atoms with E-state index >= 15 is 0 Å². The predicted molar refractivity (Wildman–Crippen MR) is 157 cm³/mol. The summed E-state index contributed by atoms with van der Waals surface area (Å²) < 4.78 is 46.2. The van der Waals surface area contributed by atoms with Crippen LogP contribution in [0, 0.1) is 6.92 Å². The van der Waals surface area contributed by atoms with E-state index < -0.39 is 17.6 Å². The zero-order valence-electron chi connectivity index (χ0n) is 24.8. The van der Waals surface area contributed by atoms with Crippen molar-refractivity contribution in [3.8, 4) is 0 Å². The molecule has 1 aliphatic carbocycles. The van der Waals surface area contributed by atoms with E-state index in [1.54, 1.807) is 30.6 Å². The third kappa shape index (κ3) is 6.30. The molecule has 220 valence electrons. The number of hydrogen-bond acceptors (Lipinski definition) is 3. The van der Waals surface area contributed by atoms with E-state index in [0.29, 0.717) is 17.7 Å². The first-order valence-electron chi connectivity index (χ1n) is 14.3. The molecule has 0 saturated carbocycles. The average molecular weight is 575 g/mol. The Kier molecular flexibility index (Phi) is 7.82. The number of hydrogen-bond donors (Lipinski definition) is 0. The van der Waals surface area contributed by atoms with Gasteiger partial charge < -0.3 is 9.32 Å². The van der Waals surface area contributed by atoms with Crippen LogP contribution in [-0.4, -0.2) is 15.8 Å². The van der Waals surface area contributed by atoms with E-state index in [4.69, 9.17) is 4.42 Å². The van der Waals surface area contributed by atoms with E-state index in [9.17, 15) is 18.0 Å². The Morgan fingerprint density at radius 3 is 2.24 bits per heavy atom. The molecule has 0 unspecified atom stereocenters. The molecule has 5 rings (SSSR count). The summed E-state index contributed by atoms with van der Waals surface area (Å²) in [5.41, 5.74) is 5.70. The van der Waals surface area contributed by atoms with Crippen molar-refractivity contribution in [2.75, 3.05) is 0 Å². The maximum absolute atomic E-state index is 13.7. The summed E-state index contributed by atoms with van der Waals surface area (Å²) in [4.78, 5) is 19.3. The van der Waals surface area contributed by atoms with Gasteiger partial charge in [0.1, 0.15) is 5.76 Å². The lowest BCUT2D eigenvalue weighted by molar-refractivity contribution is -0.137. The third-order valence-electron chi connectivity index (χ3n) is 8.56. The highest BCUT2D eigenvalue weighted by Crippen LogP contribution is 2.46. The molecule has 0 atom stereocenters. The molecule has 4 aromatic rings. The first-order valence-corrected chi connectivity index (χ1v) is 14.3. The molecule has 42 heavy (non-hydrogen) atoms. The van der Waals surface area contributed by atoms with Crippen LogP contribution in [0.15, 0.2) is 77.5 Å². The lowest BCUT2D eigenvalue weighted by Gasteiger charge is -2.42. The van der Waals surface area contributed by atoms with Crippen molar-refractivity contribution in [1.29, 1.82) is 0 Å². The molecule has 2 aromatic carbocycles. The molecule has 1 aliphatic rings. The van der Waals surface area contributed by atoms with E-state index in [1.165, 1.54) is 27.7 Å². The van der Waals surface area contributed by atoms with Gasteiger partial charge in [0.15, 0.2) is 5.76 Å². The highest BCUT2D eigenvalue weighted by atomic mass is 19.4. The van der Waals surface area contributed by atoms with Gasteiger partial charge in [0, 0.05) is 31.9 Å². The number of nitrogens with zero attached hydrogens (tertiary/aromatic N) is 2. The molecule has 4 nitrogen and oxygen atoms in total.